The average Bonchev–Trinajstić information content (AvgIpc) is 3.06. The smallest absolute Gasteiger partial charge is 0.416 e. The van der Waals surface area contributed by atoms with Gasteiger partial charge in [-0.1, -0.05) is 24.3 Å². The Balaban J connectivity index is 1.62. The number of ether oxygens (including phenoxy) is 2. The normalized spacial score (nSPS) is 16.5. The second kappa shape index (κ2) is 8.42. The Bertz CT molecular complexity index is 867. The quantitative estimate of drug-likeness (QED) is 0.796. The van der Waals surface area contributed by atoms with Crippen molar-refractivity contribution >= 4 is 12.0 Å². The van der Waals surface area contributed by atoms with E-state index in [2.05, 4.69) is 5.32 Å². The third-order valence-corrected chi connectivity index (χ3v) is 4.54. The molecule has 0 spiro atoms. The molecule has 3 rings (SSSR count). The van der Waals surface area contributed by atoms with Gasteiger partial charge in [0.05, 0.1) is 19.2 Å². The Morgan fingerprint density at radius 2 is 1.76 bits per heavy atom. The molecule has 2 aromatic carbocycles. The first kappa shape index (κ1) is 20.5. The van der Waals surface area contributed by atoms with Gasteiger partial charge < -0.3 is 14.8 Å². The van der Waals surface area contributed by atoms with Crippen LogP contribution < -0.4 is 10.1 Å². The van der Waals surface area contributed by atoms with Crippen LogP contribution in [0.1, 0.15) is 16.7 Å². The Kier molecular flexibility index (Phi) is 5.95. The average molecular weight is 408 g/mol. The van der Waals surface area contributed by atoms with Gasteiger partial charge in [-0.15, -0.1) is 0 Å². The van der Waals surface area contributed by atoms with Crippen LogP contribution in [0.5, 0.6) is 5.75 Å². The lowest BCUT2D eigenvalue weighted by Gasteiger charge is -2.21. The molecule has 154 valence electrons. The maximum atomic E-state index is 12.7. The van der Waals surface area contributed by atoms with Crippen molar-refractivity contribution in [2.45, 2.75) is 25.3 Å². The highest BCUT2D eigenvalue weighted by Crippen LogP contribution is 2.29. The number of cyclic esters (lactones) is 1. The zero-order valence-electron chi connectivity index (χ0n) is 15.5. The molecule has 0 radical (unpaired) electrons. The monoisotopic (exact) mass is 408 g/mol. The van der Waals surface area contributed by atoms with Gasteiger partial charge in [-0.25, -0.2) is 4.79 Å². The van der Waals surface area contributed by atoms with Crippen molar-refractivity contribution in [1.29, 1.82) is 0 Å². The summed E-state index contributed by atoms with van der Waals surface area (Å²) >= 11 is 0. The minimum Gasteiger partial charge on any atom is -0.497 e. The summed E-state index contributed by atoms with van der Waals surface area (Å²) in [6.07, 6.45) is -5.12. The number of halogens is 3. The van der Waals surface area contributed by atoms with Crippen molar-refractivity contribution in [3.05, 3.63) is 65.2 Å². The van der Waals surface area contributed by atoms with E-state index in [1.807, 2.05) is 0 Å². The van der Waals surface area contributed by atoms with E-state index in [-0.39, 0.29) is 19.7 Å². The Morgan fingerprint density at radius 3 is 2.34 bits per heavy atom. The number of hydrogen-bond donors (Lipinski definition) is 1. The van der Waals surface area contributed by atoms with Gasteiger partial charge in [0.25, 0.3) is 0 Å². The van der Waals surface area contributed by atoms with Crippen LogP contribution in [-0.2, 0) is 28.8 Å². The molecular formula is C20H19F3N2O4. The van der Waals surface area contributed by atoms with E-state index in [4.69, 9.17) is 9.47 Å². The molecule has 1 fully saturated rings. The van der Waals surface area contributed by atoms with Crippen molar-refractivity contribution in [3.63, 3.8) is 0 Å². The highest BCUT2D eigenvalue weighted by atomic mass is 19.4. The summed E-state index contributed by atoms with van der Waals surface area (Å²) in [4.78, 5) is 25.7. The van der Waals surface area contributed by atoms with Crippen LogP contribution in [-0.4, -0.2) is 36.7 Å². The first-order valence-corrected chi connectivity index (χ1v) is 8.78. The zero-order chi connectivity index (χ0) is 21.0. The van der Waals surface area contributed by atoms with Crippen molar-refractivity contribution in [2.24, 2.45) is 0 Å². The summed E-state index contributed by atoms with van der Waals surface area (Å²) < 4.78 is 48.1. The Hall–Kier alpha value is -3.23. The Labute approximate surface area is 165 Å². The minimum atomic E-state index is -4.44. The van der Waals surface area contributed by atoms with E-state index >= 15 is 0 Å². The van der Waals surface area contributed by atoms with E-state index < -0.39 is 29.8 Å². The molecule has 6 nitrogen and oxygen atoms in total. The minimum absolute atomic E-state index is 0.0302. The van der Waals surface area contributed by atoms with Crippen molar-refractivity contribution < 1.29 is 32.2 Å². The standard InChI is InChI=1S/C20H19F3N2O4/c1-28-16-8-4-13(5-9-16)10-24-18(26)17-12-29-19(27)25(17)11-14-2-6-15(7-3-14)20(21,22)23/h2-9,17H,10-12H2,1H3,(H,24,26)/t17-/m0/s1. The molecule has 2 aromatic rings. The molecule has 0 saturated carbocycles. The van der Waals surface area contributed by atoms with E-state index in [1.54, 1.807) is 31.4 Å². The number of alkyl halides is 3. The summed E-state index contributed by atoms with van der Waals surface area (Å²) in [5, 5.41) is 2.74. The summed E-state index contributed by atoms with van der Waals surface area (Å²) in [5.41, 5.74) is 0.530. The van der Waals surface area contributed by atoms with E-state index in [0.29, 0.717) is 11.3 Å². The van der Waals surface area contributed by atoms with Crippen LogP contribution in [0.4, 0.5) is 18.0 Å². The summed E-state index contributed by atoms with van der Waals surface area (Å²) in [6.45, 7) is 0.104. The molecule has 0 bridgehead atoms. The van der Waals surface area contributed by atoms with Crippen LogP contribution >= 0.6 is 0 Å². The highest BCUT2D eigenvalue weighted by molar-refractivity contribution is 5.87. The molecule has 1 N–H and O–H groups in total. The van der Waals surface area contributed by atoms with Gasteiger partial charge >= 0.3 is 12.3 Å². The van der Waals surface area contributed by atoms with Gasteiger partial charge in [0.15, 0.2) is 0 Å². The summed E-state index contributed by atoms with van der Waals surface area (Å²) in [5.74, 6) is 0.288. The van der Waals surface area contributed by atoms with Gasteiger partial charge in [-0.3, -0.25) is 9.69 Å². The number of carbonyl (C=O) groups excluding carboxylic acids is 2. The van der Waals surface area contributed by atoms with Gasteiger partial charge in [-0.05, 0) is 35.4 Å². The number of methoxy groups -OCH3 is 1. The predicted octanol–water partition coefficient (Wildman–Crippen LogP) is 3.35. The topological polar surface area (TPSA) is 67.9 Å². The maximum Gasteiger partial charge on any atom is 0.416 e. The lowest BCUT2D eigenvalue weighted by molar-refractivity contribution is -0.137. The molecule has 0 aliphatic carbocycles. The number of benzene rings is 2. The largest absolute Gasteiger partial charge is 0.497 e. The molecular weight excluding hydrogens is 389 g/mol. The van der Waals surface area contributed by atoms with Crippen molar-refractivity contribution in [2.75, 3.05) is 13.7 Å². The van der Waals surface area contributed by atoms with Crippen LogP contribution in [0, 0.1) is 0 Å². The van der Waals surface area contributed by atoms with Gasteiger partial charge in [0.2, 0.25) is 5.91 Å². The van der Waals surface area contributed by atoms with E-state index in [9.17, 15) is 22.8 Å². The molecule has 0 unspecified atom stereocenters. The van der Waals surface area contributed by atoms with Gasteiger partial charge in [0.1, 0.15) is 18.4 Å². The van der Waals surface area contributed by atoms with Crippen molar-refractivity contribution in [3.8, 4) is 5.75 Å². The summed E-state index contributed by atoms with van der Waals surface area (Å²) in [6, 6.07) is 10.7. The zero-order valence-corrected chi connectivity index (χ0v) is 15.5. The molecule has 1 atom stereocenters. The Morgan fingerprint density at radius 1 is 1.14 bits per heavy atom. The third kappa shape index (κ3) is 4.98. The fourth-order valence-corrected chi connectivity index (χ4v) is 2.89. The third-order valence-electron chi connectivity index (χ3n) is 4.54. The highest BCUT2D eigenvalue weighted by Gasteiger charge is 2.38. The predicted molar refractivity (Wildman–Crippen MR) is 97.0 cm³/mol. The van der Waals surface area contributed by atoms with Crippen molar-refractivity contribution in [1.82, 2.24) is 10.2 Å². The number of hydrogen-bond acceptors (Lipinski definition) is 4. The fraction of sp³-hybridized carbons (Fsp3) is 0.300. The van der Waals surface area contributed by atoms with E-state index in [0.717, 1.165) is 17.7 Å². The van der Waals surface area contributed by atoms with Crippen LogP contribution in [0.2, 0.25) is 0 Å². The summed E-state index contributed by atoms with van der Waals surface area (Å²) in [7, 11) is 1.55. The number of nitrogens with zero attached hydrogens (tertiary/aromatic N) is 1. The van der Waals surface area contributed by atoms with Gasteiger partial charge in [-0.2, -0.15) is 13.2 Å². The molecule has 1 aliphatic rings. The first-order chi connectivity index (χ1) is 13.8. The van der Waals surface area contributed by atoms with E-state index in [1.165, 1.54) is 17.0 Å². The molecule has 29 heavy (non-hydrogen) atoms. The number of carbonyl (C=O) groups is 2. The molecule has 1 aliphatic heterocycles. The first-order valence-electron chi connectivity index (χ1n) is 8.78. The van der Waals surface area contributed by atoms with Crippen LogP contribution in [0.25, 0.3) is 0 Å². The lowest BCUT2D eigenvalue weighted by atomic mass is 10.1. The number of nitrogens with one attached hydrogen (secondary N) is 1. The van der Waals surface area contributed by atoms with Crippen LogP contribution in [0.15, 0.2) is 48.5 Å². The lowest BCUT2D eigenvalue weighted by Crippen LogP contribution is -2.45. The fourth-order valence-electron chi connectivity index (χ4n) is 2.89. The van der Waals surface area contributed by atoms with Crippen LogP contribution in [0.3, 0.4) is 0 Å². The second-order valence-corrected chi connectivity index (χ2v) is 6.48. The number of amides is 2. The molecule has 1 saturated heterocycles. The molecule has 0 aromatic heterocycles. The SMILES string of the molecule is COc1ccc(CNC(=O)[C@@H]2COC(=O)N2Cc2ccc(C(F)(F)F)cc2)cc1. The molecule has 1 heterocycles. The molecule has 9 heteroatoms. The molecule has 2 amide bonds. The van der Waals surface area contributed by atoms with Gasteiger partial charge in [0, 0.05) is 6.54 Å². The number of rotatable bonds is 6. The second-order valence-electron chi connectivity index (χ2n) is 6.48. The maximum absolute atomic E-state index is 12.7.